The summed E-state index contributed by atoms with van der Waals surface area (Å²) in [6, 6.07) is 11.2. The van der Waals surface area contributed by atoms with Crippen LogP contribution in [0.1, 0.15) is 24.1 Å². The molecule has 0 amide bonds. The minimum Gasteiger partial charge on any atom is -0.494 e. The SMILES string of the molecule is CCOc1cccc(C(N)c2c(F)cccc2Cl)c1. The van der Waals surface area contributed by atoms with Crippen LogP contribution >= 0.6 is 11.6 Å². The zero-order chi connectivity index (χ0) is 13.8. The Morgan fingerprint density at radius 3 is 2.68 bits per heavy atom. The van der Waals surface area contributed by atoms with Crippen molar-refractivity contribution in [2.75, 3.05) is 6.61 Å². The van der Waals surface area contributed by atoms with Gasteiger partial charge in [-0.05, 0) is 36.8 Å². The molecule has 0 fully saturated rings. The quantitative estimate of drug-likeness (QED) is 0.920. The molecule has 1 atom stereocenters. The van der Waals surface area contributed by atoms with Crippen LogP contribution in [0.2, 0.25) is 5.02 Å². The molecule has 0 radical (unpaired) electrons. The molecule has 2 nitrogen and oxygen atoms in total. The molecule has 2 N–H and O–H groups in total. The van der Waals surface area contributed by atoms with E-state index < -0.39 is 11.9 Å². The van der Waals surface area contributed by atoms with E-state index in [1.54, 1.807) is 18.2 Å². The van der Waals surface area contributed by atoms with Gasteiger partial charge in [0.25, 0.3) is 0 Å². The van der Waals surface area contributed by atoms with Crippen LogP contribution in [-0.4, -0.2) is 6.61 Å². The van der Waals surface area contributed by atoms with Crippen LogP contribution in [0, 0.1) is 5.82 Å². The molecule has 19 heavy (non-hydrogen) atoms. The minimum absolute atomic E-state index is 0.304. The van der Waals surface area contributed by atoms with Crippen molar-refractivity contribution in [1.29, 1.82) is 0 Å². The summed E-state index contributed by atoms with van der Waals surface area (Å²) < 4.78 is 19.3. The molecule has 0 aliphatic rings. The largest absolute Gasteiger partial charge is 0.494 e. The average Bonchev–Trinajstić information content (AvgIpc) is 2.39. The molecule has 0 bridgehead atoms. The van der Waals surface area contributed by atoms with Crippen LogP contribution in [0.3, 0.4) is 0 Å². The van der Waals surface area contributed by atoms with E-state index in [0.717, 1.165) is 5.56 Å². The van der Waals surface area contributed by atoms with Crippen LogP contribution in [0.15, 0.2) is 42.5 Å². The molecule has 0 saturated carbocycles. The summed E-state index contributed by atoms with van der Waals surface area (Å²) in [7, 11) is 0. The van der Waals surface area contributed by atoms with E-state index in [9.17, 15) is 4.39 Å². The molecule has 100 valence electrons. The molecule has 0 heterocycles. The molecule has 0 aliphatic heterocycles. The second-order valence-corrected chi connectivity index (χ2v) is 4.53. The summed E-state index contributed by atoms with van der Waals surface area (Å²) in [5, 5.41) is 0.328. The second kappa shape index (κ2) is 6.04. The first-order chi connectivity index (χ1) is 9.13. The third-order valence-corrected chi connectivity index (χ3v) is 3.17. The summed E-state index contributed by atoms with van der Waals surface area (Å²) in [6.07, 6.45) is 0. The lowest BCUT2D eigenvalue weighted by molar-refractivity contribution is 0.340. The van der Waals surface area contributed by atoms with Crippen molar-refractivity contribution in [2.45, 2.75) is 13.0 Å². The molecule has 4 heteroatoms. The van der Waals surface area contributed by atoms with Crippen molar-refractivity contribution in [1.82, 2.24) is 0 Å². The van der Waals surface area contributed by atoms with Gasteiger partial charge in [-0.1, -0.05) is 29.8 Å². The molecule has 2 rings (SSSR count). The Hall–Kier alpha value is -1.58. The number of rotatable bonds is 4. The first-order valence-electron chi connectivity index (χ1n) is 6.05. The van der Waals surface area contributed by atoms with Gasteiger partial charge < -0.3 is 10.5 Å². The zero-order valence-corrected chi connectivity index (χ0v) is 11.3. The Kier molecular flexibility index (Phi) is 4.40. The van der Waals surface area contributed by atoms with Gasteiger partial charge in [0.05, 0.1) is 12.6 Å². The molecule has 0 spiro atoms. The highest BCUT2D eigenvalue weighted by Gasteiger charge is 2.17. The van der Waals surface area contributed by atoms with Gasteiger partial charge in [0, 0.05) is 10.6 Å². The molecule has 2 aromatic rings. The van der Waals surface area contributed by atoms with Gasteiger partial charge in [-0.25, -0.2) is 4.39 Å². The monoisotopic (exact) mass is 279 g/mol. The summed E-state index contributed by atoms with van der Waals surface area (Å²) in [4.78, 5) is 0. The van der Waals surface area contributed by atoms with Gasteiger partial charge in [-0.3, -0.25) is 0 Å². The number of halogens is 2. The zero-order valence-electron chi connectivity index (χ0n) is 10.6. The topological polar surface area (TPSA) is 35.2 Å². The molecule has 2 aromatic carbocycles. The van der Waals surface area contributed by atoms with Gasteiger partial charge in [0.1, 0.15) is 11.6 Å². The lowest BCUT2D eigenvalue weighted by atomic mass is 9.99. The first kappa shape index (κ1) is 13.8. The van der Waals surface area contributed by atoms with E-state index in [-0.39, 0.29) is 0 Å². The highest BCUT2D eigenvalue weighted by molar-refractivity contribution is 6.31. The molecular formula is C15H15ClFNO. The maximum Gasteiger partial charge on any atom is 0.129 e. The maximum absolute atomic E-state index is 13.8. The Morgan fingerprint density at radius 1 is 1.26 bits per heavy atom. The molecule has 0 aromatic heterocycles. The number of hydrogen-bond acceptors (Lipinski definition) is 2. The maximum atomic E-state index is 13.8. The number of benzene rings is 2. The fraction of sp³-hybridized carbons (Fsp3) is 0.200. The summed E-state index contributed by atoms with van der Waals surface area (Å²) in [6.45, 7) is 2.47. The predicted octanol–water partition coefficient (Wildman–Crippen LogP) is 3.93. The Morgan fingerprint density at radius 2 is 2.00 bits per heavy atom. The first-order valence-corrected chi connectivity index (χ1v) is 6.43. The van der Waals surface area contributed by atoms with E-state index in [2.05, 4.69) is 0 Å². The Labute approximate surface area is 117 Å². The van der Waals surface area contributed by atoms with Crippen LogP contribution < -0.4 is 10.5 Å². The van der Waals surface area contributed by atoms with Gasteiger partial charge in [0.15, 0.2) is 0 Å². The molecular weight excluding hydrogens is 265 g/mol. The van der Waals surface area contributed by atoms with Crippen molar-refractivity contribution in [3.05, 3.63) is 64.4 Å². The van der Waals surface area contributed by atoms with Crippen molar-refractivity contribution in [3.63, 3.8) is 0 Å². The smallest absolute Gasteiger partial charge is 0.129 e. The number of ether oxygens (including phenoxy) is 1. The van der Waals surface area contributed by atoms with E-state index in [1.165, 1.54) is 6.07 Å². The van der Waals surface area contributed by atoms with Crippen molar-refractivity contribution < 1.29 is 9.13 Å². The number of nitrogens with two attached hydrogens (primary N) is 1. The van der Waals surface area contributed by atoms with E-state index in [4.69, 9.17) is 22.1 Å². The highest BCUT2D eigenvalue weighted by Crippen LogP contribution is 2.30. The van der Waals surface area contributed by atoms with Crippen molar-refractivity contribution in [2.24, 2.45) is 5.73 Å². The highest BCUT2D eigenvalue weighted by atomic mass is 35.5. The molecule has 0 aliphatic carbocycles. The lowest BCUT2D eigenvalue weighted by Crippen LogP contribution is -2.14. The standard InChI is InChI=1S/C15H15ClFNO/c1-2-19-11-6-3-5-10(9-11)15(18)14-12(16)7-4-8-13(14)17/h3-9,15H,2,18H2,1H3. The minimum atomic E-state index is -0.617. The molecule has 0 saturated heterocycles. The molecule has 1 unspecified atom stereocenters. The third kappa shape index (κ3) is 3.06. The summed E-state index contributed by atoms with van der Waals surface area (Å²) in [5.41, 5.74) is 7.17. The Bertz CT molecular complexity index is 554. The average molecular weight is 280 g/mol. The van der Waals surface area contributed by atoms with Gasteiger partial charge >= 0.3 is 0 Å². The van der Waals surface area contributed by atoms with Gasteiger partial charge in [-0.2, -0.15) is 0 Å². The summed E-state index contributed by atoms with van der Waals surface area (Å²) in [5.74, 6) is 0.310. The summed E-state index contributed by atoms with van der Waals surface area (Å²) >= 11 is 6.02. The normalized spacial score (nSPS) is 12.2. The van der Waals surface area contributed by atoms with Crippen molar-refractivity contribution >= 4 is 11.6 Å². The van der Waals surface area contributed by atoms with Crippen molar-refractivity contribution in [3.8, 4) is 5.75 Å². The van der Waals surface area contributed by atoms with E-state index in [0.29, 0.717) is 22.9 Å². The van der Waals surface area contributed by atoms with Gasteiger partial charge in [-0.15, -0.1) is 0 Å². The fourth-order valence-electron chi connectivity index (χ4n) is 1.94. The lowest BCUT2D eigenvalue weighted by Gasteiger charge is -2.16. The van der Waals surface area contributed by atoms with Crippen LogP contribution in [0.4, 0.5) is 4.39 Å². The van der Waals surface area contributed by atoms with E-state index >= 15 is 0 Å². The third-order valence-electron chi connectivity index (χ3n) is 2.84. The second-order valence-electron chi connectivity index (χ2n) is 4.12. The number of hydrogen-bond donors (Lipinski definition) is 1. The fourth-order valence-corrected chi connectivity index (χ4v) is 2.22. The Balaban J connectivity index is 2.38. The van der Waals surface area contributed by atoms with E-state index in [1.807, 2.05) is 25.1 Å². The predicted molar refractivity (Wildman–Crippen MR) is 75.1 cm³/mol. The van der Waals surface area contributed by atoms with Crippen LogP contribution in [0.25, 0.3) is 0 Å². The van der Waals surface area contributed by atoms with Crippen LogP contribution in [0.5, 0.6) is 5.75 Å². The van der Waals surface area contributed by atoms with Crippen LogP contribution in [-0.2, 0) is 0 Å². The van der Waals surface area contributed by atoms with Gasteiger partial charge in [0.2, 0.25) is 0 Å².